The lowest BCUT2D eigenvalue weighted by Gasteiger charge is -2.12. The summed E-state index contributed by atoms with van der Waals surface area (Å²) in [5, 5.41) is 14.4. The maximum Gasteiger partial charge on any atom is 0.344 e. The third kappa shape index (κ3) is 4.51. The molecular formula is C17H19N7O5S. The minimum atomic E-state index is -1.59. The number of aliphatic imine (C=N–C) groups is 2. The molecule has 3 rings (SSSR count). The molecule has 1 aromatic heterocycles. The number of esters is 1. The van der Waals surface area contributed by atoms with Gasteiger partial charge in [0.25, 0.3) is 5.96 Å². The van der Waals surface area contributed by atoms with E-state index in [0.717, 1.165) is 0 Å². The normalized spacial score (nSPS) is 14.6. The average molecular weight is 433 g/mol. The molecule has 1 aliphatic heterocycles. The summed E-state index contributed by atoms with van der Waals surface area (Å²) in [6.07, 6.45) is 2.71. The number of nitrogens with zero attached hydrogens (tertiary/aromatic N) is 6. The number of hydrazine groups is 1. The Balaban J connectivity index is 2.10. The van der Waals surface area contributed by atoms with Gasteiger partial charge in [0.2, 0.25) is 0 Å². The number of nitro groups is 1. The summed E-state index contributed by atoms with van der Waals surface area (Å²) in [4.78, 5) is 33.2. The van der Waals surface area contributed by atoms with Gasteiger partial charge in [-0.05, 0) is 19.1 Å². The van der Waals surface area contributed by atoms with Crippen molar-refractivity contribution in [2.45, 2.75) is 11.9 Å². The number of carbonyl (C=O) groups is 1. The van der Waals surface area contributed by atoms with Crippen LogP contribution in [0.25, 0.3) is 5.69 Å². The SMILES string of the molecule is CCOC(=O)c1c(S(C)=O)nn(-c2ccccc2)c1/N=C/N1CCN=C1N[N+](=O)[O-]. The van der Waals surface area contributed by atoms with Crippen LogP contribution in [0.1, 0.15) is 17.3 Å². The van der Waals surface area contributed by atoms with Crippen LogP contribution in [0.5, 0.6) is 0 Å². The van der Waals surface area contributed by atoms with Gasteiger partial charge in [-0.3, -0.25) is 9.11 Å². The molecule has 2 heterocycles. The number of hydrogen-bond acceptors (Lipinski definition) is 8. The second-order valence-corrected chi connectivity index (χ2v) is 7.23. The first-order valence-electron chi connectivity index (χ1n) is 8.87. The molecule has 0 amide bonds. The molecule has 0 saturated carbocycles. The predicted molar refractivity (Wildman–Crippen MR) is 109 cm³/mol. The second-order valence-electron chi connectivity index (χ2n) is 5.94. The lowest BCUT2D eigenvalue weighted by Crippen LogP contribution is -2.40. The second kappa shape index (κ2) is 9.26. The molecule has 0 spiro atoms. The largest absolute Gasteiger partial charge is 0.462 e. The highest BCUT2D eigenvalue weighted by Gasteiger charge is 2.28. The first kappa shape index (κ1) is 21.1. The van der Waals surface area contributed by atoms with E-state index < -0.39 is 21.8 Å². The van der Waals surface area contributed by atoms with Crippen molar-refractivity contribution in [1.82, 2.24) is 20.1 Å². The molecule has 13 heteroatoms. The van der Waals surface area contributed by atoms with Crippen molar-refractivity contribution >= 4 is 34.9 Å². The Morgan fingerprint density at radius 3 is 2.80 bits per heavy atom. The van der Waals surface area contributed by atoms with Crippen LogP contribution in [0.3, 0.4) is 0 Å². The van der Waals surface area contributed by atoms with Crippen molar-refractivity contribution in [1.29, 1.82) is 0 Å². The molecule has 0 saturated heterocycles. The Labute approximate surface area is 173 Å². The van der Waals surface area contributed by atoms with E-state index in [2.05, 4.69) is 15.1 Å². The lowest BCUT2D eigenvalue weighted by molar-refractivity contribution is -0.526. The quantitative estimate of drug-likeness (QED) is 0.223. The molecule has 1 aromatic carbocycles. The Kier molecular flexibility index (Phi) is 6.51. The molecule has 1 atom stereocenters. The molecule has 30 heavy (non-hydrogen) atoms. The van der Waals surface area contributed by atoms with E-state index in [4.69, 9.17) is 4.74 Å². The maximum absolute atomic E-state index is 12.6. The first-order valence-corrected chi connectivity index (χ1v) is 10.4. The zero-order valence-corrected chi connectivity index (χ0v) is 17.0. The van der Waals surface area contributed by atoms with E-state index in [0.29, 0.717) is 18.8 Å². The fourth-order valence-electron chi connectivity index (χ4n) is 2.72. The highest BCUT2D eigenvalue weighted by Crippen LogP contribution is 2.29. The Bertz CT molecular complexity index is 1030. The van der Waals surface area contributed by atoms with E-state index >= 15 is 0 Å². The molecule has 1 N–H and O–H groups in total. The molecule has 0 bridgehead atoms. The van der Waals surface area contributed by atoms with E-state index in [1.165, 1.54) is 22.2 Å². The van der Waals surface area contributed by atoms with Gasteiger partial charge in [-0.25, -0.2) is 29.6 Å². The molecule has 1 unspecified atom stereocenters. The highest BCUT2D eigenvalue weighted by atomic mass is 32.2. The Hall–Kier alpha value is -3.61. The molecule has 0 fully saturated rings. The van der Waals surface area contributed by atoms with Crippen molar-refractivity contribution < 1.29 is 18.8 Å². The number of benzene rings is 1. The minimum absolute atomic E-state index is 0.0199. The van der Waals surface area contributed by atoms with Crippen LogP contribution < -0.4 is 5.43 Å². The van der Waals surface area contributed by atoms with Gasteiger partial charge in [0.05, 0.1) is 29.6 Å². The number of hydrogen-bond donors (Lipinski definition) is 1. The van der Waals surface area contributed by atoms with Gasteiger partial charge in [-0.15, -0.1) is 0 Å². The predicted octanol–water partition coefficient (Wildman–Crippen LogP) is 0.899. The van der Waals surface area contributed by atoms with Crippen molar-refractivity contribution in [3.63, 3.8) is 0 Å². The van der Waals surface area contributed by atoms with Gasteiger partial charge in [-0.1, -0.05) is 23.6 Å². The number of aromatic nitrogens is 2. The third-order valence-electron chi connectivity index (χ3n) is 3.97. The van der Waals surface area contributed by atoms with Crippen LogP contribution in [0.15, 0.2) is 45.3 Å². The van der Waals surface area contributed by atoms with Crippen molar-refractivity contribution in [2.75, 3.05) is 26.0 Å². The third-order valence-corrected chi connectivity index (χ3v) is 4.80. The van der Waals surface area contributed by atoms with Gasteiger partial charge >= 0.3 is 5.97 Å². The summed E-state index contributed by atoms with van der Waals surface area (Å²) >= 11 is 0. The zero-order valence-electron chi connectivity index (χ0n) is 16.2. The van der Waals surface area contributed by atoms with Gasteiger partial charge in [-0.2, -0.15) is 5.10 Å². The van der Waals surface area contributed by atoms with E-state index in [9.17, 15) is 19.1 Å². The fraction of sp³-hybridized carbons (Fsp3) is 0.294. The number of ether oxygens (including phenoxy) is 1. The molecule has 12 nitrogen and oxygen atoms in total. The smallest absolute Gasteiger partial charge is 0.344 e. The highest BCUT2D eigenvalue weighted by molar-refractivity contribution is 7.84. The van der Waals surface area contributed by atoms with Crippen molar-refractivity contribution in [2.24, 2.45) is 9.98 Å². The standard InChI is InChI=1S/C17H19N7O5S/c1-3-29-16(25)13-14(19-11-22-10-9-18-17(22)21-24(26)27)23(20-15(13)30(2)28)12-7-5-4-6-8-12/h4-8,11H,3,9-10H2,1-2H3,(H,18,21)/b19-11+. The number of carbonyl (C=O) groups excluding carboxylic acids is 1. The number of para-hydroxylation sites is 1. The van der Waals surface area contributed by atoms with Gasteiger partial charge in [0, 0.05) is 12.8 Å². The number of nitrogens with one attached hydrogen (secondary N) is 1. The van der Waals surface area contributed by atoms with E-state index in [-0.39, 0.29) is 29.0 Å². The fourth-order valence-corrected chi connectivity index (χ4v) is 3.38. The Morgan fingerprint density at radius 1 is 1.43 bits per heavy atom. The van der Waals surface area contributed by atoms with E-state index in [1.807, 2.05) is 11.5 Å². The van der Waals surface area contributed by atoms with Crippen molar-refractivity contribution in [3.05, 3.63) is 46.0 Å². The average Bonchev–Trinajstić information content (AvgIpc) is 3.31. The van der Waals surface area contributed by atoms with Crippen LogP contribution >= 0.6 is 0 Å². The molecule has 2 aromatic rings. The van der Waals surface area contributed by atoms with Gasteiger partial charge < -0.3 is 4.74 Å². The maximum atomic E-state index is 12.6. The van der Waals surface area contributed by atoms with Crippen LogP contribution in [0.4, 0.5) is 5.82 Å². The van der Waals surface area contributed by atoms with E-state index in [1.54, 1.807) is 31.2 Å². The van der Waals surface area contributed by atoms with Crippen LogP contribution in [0.2, 0.25) is 0 Å². The summed E-state index contributed by atoms with van der Waals surface area (Å²) in [5.41, 5.74) is 2.56. The monoisotopic (exact) mass is 433 g/mol. The molecule has 0 radical (unpaired) electrons. The van der Waals surface area contributed by atoms with Gasteiger partial charge in [0.15, 0.2) is 15.9 Å². The number of guanidine groups is 1. The number of rotatable bonds is 7. The van der Waals surface area contributed by atoms with Crippen LogP contribution in [-0.2, 0) is 15.5 Å². The Morgan fingerprint density at radius 2 is 2.17 bits per heavy atom. The van der Waals surface area contributed by atoms with Crippen LogP contribution in [-0.4, -0.2) is 68.1 Å². The molecule has 0 aliphatic carbocycles. The molecular weight excluding hydrogens is 414 g/mol. The summed E-state index contributed by atoms with van der Waals surface area (Å²) in [5.74, 6) is -0.598. The zero-order chi connectivity index (χ0) is 21.7. The summed E-state index contributed by atoms with van der Waals surface area (Å²) < 4.78 is 18.8. The summed E-state index contributed by atoms with van der Waals surface area (Å²) in [7, 11) is -1.59. The van der Waals surface area contributed by atoms with Crippen molar-refractivity contribution in [3.8, 4) is 5.69 Å². The minimum Gasteiger partial charge on any atom is -0.462 e. The summed E-state index contributed by atoms with van der Waals surface area (Å²) in [6, 6.07) is 8.88. The summed E-state index contributed by atoms with van der Waals surface area (Å²) in [6.45, 7) is 2.47. The molecule has 1 aliphatic rings. The van der Waals surface area contributed by atoms with Gasteiger partial charge in [0.1, 0.15) is 11.9 Å². The first-order chi connectivity index (χ1) is 14.4. The van der Waals surface area contributed by atoms with Crippen LogP contribution in [0, 0.1) is 10.1 Å². The molecule has 158 valence electrons. The lowest BCUT2D eigenvalue weighted by atomic mass is 10.3. The topological polar surface area (TPSA) is 144 Å².